The summed E-state index contributed by atoms with van der Waals surface area (Å²) in [5.74, 6) is 0. The summed E-state index contributed by atoms with van der Waals surface area (Å²) in [6.07, 6.45) is 1.99. The van der Waals surface area contributed by atoms with Crippen molar-refractivity contribution in [3.8, 4) is 0 Å². The first-order valence-corrected chi connectivity index (χ1v) is 10.3. The van der Waals surface area contributed by atoms with Crippen molar-refractivity contribution in [2.75, 3.05) is 6.61 Å². The highest BCUT2D eigenvalue weighted by Crippen LogP contribution is 2.48. The maximum atomic E-state index is 6.79. The molecule has 2 atom stereocenters. The molecule has 1 aliphatic heterocycles. The monoisotopic (exact) mass is 381 g/mol. The molecule has 0 aromatic heterocycles. The van der Waals surface area contributed by atoms with Crippen LogP contribution in [0, 0.1) is 0 Å². The zero-order chi connectivity index (χ0) is 20.4. The van der Waals surface area contributed by atoms with Crippen molar-refractivity contribution in [3.63, 3.8) is 0 Å². The fourth-order valence-corrected chi connectivity index (χ4v) is 4.05. The molecule has 2 aromatic rings. The summed E-state index contributed by atoms with van der Waals surface area (Å²) in [4.78, 5) is 6.79. The molecule has 0 amide bonds. The molecule has 0 radical (unpaired) electrons. The number of nitrogens with zero attached hydrogens (tertiary/aromatic N) is 1. The smallest absolute Gasteiger partial charge is 0.128 e. The molecule has 28 heavy (non-hydrogen) atoms. The van der Waals surface area contributed by atoms with Crippen LogP contribution in [-0.4, -0.2) is 22.8 Å². The van der Waals surface area contributed by atoms with Crippen molar-refractivity contribution in [1.29, 1.82) is 0 Å². The number of hydroxylamine groups is 2. The lowest BCUT2D eigenvalue weighted by molar-refractivity contribution is -0.289. The van der Waals surface area contributed by atoms with Gasteiger partial charge in [0.25, 0.3) is 0 Å². The third kappa shape index (κ3) is 4.65. The van der Waals surface area contributed by atoms with Gasteiger partial charge in [0.05, 0.1) is 17.7 Å². The maximum Gasteiger partial charge on any atom is 0.128 e. The van der Waals surface area contributed by atoms with Crippen LogP contribution < -0.4 is 0 Å². The molecule has 152 valence electrons. The molecule has 0 bridgehead atoms. The summed E-state index contributed by atoms with van der Waals surface area (Å²) in [6, 6.07) is 21.1. The Balaban J connectivity index is 1.92. The predicted octanol–water partition coefficient (Wildman–Crippen LogP) is 6.26. The molecule has 2 aromatic carbocycles. The number of rotatable bonds is 6. The third-order valence-corrected chi connectivity index (χ3v) is 5.69. The lowest BCUT2D eigenvalue weighted by Crippen LogP contribution is -2.49. The Bertz CT molecular complexity index is 751. The SMILES string of the molecule is CC(C)(C)OC[C@@H](ON1C(C)(C)CCC1(C)c1ccccc1)c1ccccc1. The molecular formula is C25H35NO2. The van der Waals surface area contributed by atoms with Crippen molar-refractivity contribution in [2.24, 2.45) is 0 Å². The van der Waals surface area contributed by atoms with Gasteiger partial charge in [-0.3, -0.25) is 4.84 Å². The first-order chi connectivity index (χ1) is 13.1. The van der Waals surface area contributed by atoms with Gasteiger partial charge < -0.3 is 4.74 Å². The molecule has 1 unspecified atom stereocenters. The molecule has 1 fully saturated rings. The van der Waals surface area contributed by atoms with Crippen LogP contribution >= 0.6 is 0 Å². The molecule has 1 saturated heterocycles. The summed E-state index contributed by atoms with van der Waals surface area (Å²) in [5, 5.41) is 2.24. The molecule has 0 N–H and O–H groups in total. The van der Waals surface area contributed by atoms with E-state index in [1.54, 1.807) is 0 Å². The van der Waals surface area contributed by atoms with Crippen LogP contribution in [0.2, 0.25) is 0 Å². The molecule has 3 heteroatoms. The number of benzene rings is 2. The Kier molecular flexibility index (Phi) is 6.00. The van der Waals surface area contributed by atoms with E-state index in [1.807, 2.05) is 6.07 Å². The second kappa shape index (κ2) is 7.98. The van der Waals surface area contributed by atoms with E-state index >= 15 is 0 Å². The lowest BCUT2D eigenvalue weighted by atomic mass is 9.90. The first-order valence-electron chi connectivity index (χ1n) is 10.3. The normalized spacial score (nSPS) is 23.6. The highest BCUT2D eigenvalue weighted by atomic mass is 16.7. The molecule has 3 rings (SSSR count). The van der Waals surface area contributed by atoms with Crippen molar-refractivity contribution in [1.82, 2.24) is 5.06 Å². The van der Waals surface area contributed by atoms with E-state index in [2.05, 4.69) is 101 Å². The minimum absolute atomic E-state index is 0.0562. The van der Waals surface area contributed by atoms with Crippen molar-refractivity contribution in [2.45, 2.75) is 77.2 Å². The summed E-state index contributed by atoms with van der Waals surface area (Å²) in [5.41, 5.74) is 2.01. The highest BCUT2D eigenvalue weighted by Gasteiger charge is 2.50. The van der Waals surface area contributed by atoms with E-state index in [1.165, 1.54) is 5.56 Å². The summed E-state index contributed by atoms with van der Waals surface area (Å²) in [7, 11) is 0. The topological polar surface area (TPSA) is 21.7 Å². The van der Waals surface area contributed by atoms with E-state index < -0.39 is 0 Å². The van der Waals surface area contributed by atoms with Crippen LogP contribution in [0.3, 0.4) is 0 Å². The van der Waals surface area contributed by atoms with Crippen LogP contribution in [-0.2, 0) is 15.1 Å². The maximum absolute atomic E-state index is 6.79. The zero-order valence-electron chi connectivity index (χ0n) is 18.2. The lowest BCUT2D eigenvalue weighted by Gasteiger charge is -2.43. The Morgan fingerprint density at radius 3 is 2.04 bits per heavy atom. The molecule has 0 saturated carbocycles. The van der Waals surface area contributed by atoms with E-state index in [9.17, 15) is 0 Å². The van der Waals surface area contributed by atoms with Crippen LogP contribution in [0.15, 0.2) is 60.7 Å². The van der Waals surface area contributed by atoms with Crippen LogP contribution in [0.4, 0.5) is 0 Å². The van der Waals surface area contributed by atoms with E-state index in [-0.39, 0.29) is 22.8 Å². The van der Waals surface area contributed by atoms with Crippen molar-refractivity contribution >= 4 is 0 Å². The quantitative estimate of drug-likeness (QED) is 0.589. The fourth-order valence-electron chi connectivity index (χ4n) is 4.05. The number of hydrogen-bond donors (Lipinski definition) is 0. The van der Waals surface area contributed by atoms with E-state index in [4.69, 9.17) is 9.57 Å². The van der Waals surface area contributed by atoms with Gasteiger partial charge in [-0.25, -0.2) is 0 Å². The third-order valence-electron chi connectivity index (χ3n) is 5.69. The van der Waals surface area contributed by atoms with Gasteiger partial charge in [-0.1, -0.05) is 60.7 Å². The van der Waals surface area contributed by atoms with Gasteiger partial charge in [-0.15, -0.1) is 0 Å². The summed E-state index contributed by atoms with van der Waals surface area (Å²) in [6.45, 7) is 13.6. The standard InChI is InChI=1S/C25H35NO2/c1-23(2,3)27-19-22(20-13-9-7-10-14-20)28-26-24(4,5)17-18-25(26,6)21-15-11-8-12-16-21/h7-16,22H,17-19H2,1-6H3/t22-,25?/m1/s1. The fraction of sp³-hybridized carbons (Fsp3) is 0.520. The summed E-state index contributed by atoms with van der Waals surface area (Å²) < 4.78 is 6.15. The van der Waals surface area contributed by atoms with Gasteiger partial charge >= 0.3 is 0 Å². The predicted molar refractivity (Wildman–Crippen MR) is 115 cm³/mol. The average molecular weight is 382 g/mol. The van der Waals surface area contributed by atoms with Gasteiger partial charge in [-0.2, -0.15) is 5.06 Å². The van der Waals surface area contributed by atoms with Crippen LogP contribution in [0.5, 0.6) is 0 Å². The van der Waals surface area contributed by atoms with Gasteiger partial charge in [0, 0.05) is 5.54 Å². The zero-order valence-corrected chi connectivity index (χ0v) is 18.2. The Labute approximate surface area is 170 Å². The second-order valence-electron chi connectivity index (χ2n) is 9.67. The van der Waals surface area contributed by atoms with Crippen LogP contribution in [0.1, 0.15) is 71.6 Å². The van der Waals surface area contributed by atoms with Gasteiger partial charge in [0.15, 0.2) is 0 Å². The van der Waals surface area contributed by atoms with E-state index in [0.29, 0.717) is 6.61 Å². The number of hydrogen-bond acceptors (Lipinski definition) is 3. The molecular weight excluding hydrogens is 346 g/mol. The second-order valence-corrected chi connectivity index (χ2v) is 9.67. The Morgan fingerprint density at radius 2 is 1.46 bits per heavy atom. The minimum Gasteiger partial charge on any atom is -0.373 e. The largest absolute Gasteiger partial charge is 0.373 e. The Morgan fingerprint density at radius 1 is 0.893 bits per heavy atom. The Hall–Kier alpha value is -1.68. The first kappa shape index (κ1) is 21.0. The molecule has 3 nitrogen and oxygen atoms in total. The van der Waals surface area contributed by atoms with Crippen LogP contribution in [0.25, 0.3) is 0 Å². The van der Waals surface area contributed by atoms with E-state index in [0.717, 1.165) is 18.4 Å². The highest BCUT2D eigenvalue weighted by molar-refractivity contribution is 5.26. The van der Waals surface area contributed by atoms with Gasteiger partial charge in [0.2, 0.25) is 0 Å². The number of ether oxygens (including phenoxy) is 1. The van der Waals surface area contributed by atoms with Crippen molar-refractivity contribution < 1.29 is 9.57 Å². The molecule has 0 aliphatic carbocycles. The molecule has 1 aliphatic rings. The van der Waals surface area contributed by atoms with Gasteiger partial charge in [-0.05, 0) is 65.5 Å². The molecule has 1 heterocycles. The van der Waals surface area contributed by atoms with Crippen molar-refractivity contribution in [3.05, 3.63) is 71.8 Å². The summed E-state index contributed by atoms with van der Waals surface area (Å²) >= 11 is 0. The average Bonchev–Trinajstić information content (AvgIpc) is 2.90. The van der Waals surface area contributed by atoms with Gasteiger partial charge in [0.1, 0.15) is 6.10 Å². The molecule has 0 spiro atoms. The minimum atomic E-state index is -0.209.